The smallest absolute Gasteiger partial charge is 0.317 e. The Hall–Kier alpha value is -5.47. The molecule has 2 amide bonds. The molecule has 1 atom stereocenters. The number of carbonyl (C=O) groups is 6. The number of nitrogens with zero attached hydrogens (tertiary/aromatic N) is 3. The molecule has 0 saturated heterocycles. The molecular weight excluding hydrogens is 728 g/mol. The third-order valence-electron chi connectivity index (χ3n) is 8.19. The highest BCUT2D eigenvalue weighted by molar-refractivity contribution is 7.89. The molecule has 0 heterocycles. The zero-order valence-corrected chi connectivity index (χ0v) is 30.1. The van der Waals surface area contributed by atoms with Crippen molar-refractivity contribution < 1.29 is 57.6 Å². The minimum absolute atomic E-state index is 0.0576. The van der Waals surface area contributed by atoms with Crippen molar-refractivity contribution in [3.8, 4) is 0 Å². The van der Waals surface area contributed by atoms with Crippen LogP contribution in [0.4, 0.5) is 0 Å². The van der Waals surface area contributed by atoms with E-state index in [2.05, 4.69) is 10.6 Å². The van der Waals surface area contributed by atoms with Crippen molar-refractivity contribution >= 4 is 56.5 Å². The molecule has 0 aliphatic heterocycles. The van der Waals surface area contributed by atoms with Crippen molar-refractivity contribution in [3.63, 3.8) is 0 Å². The number of primary sulfonamides is 1. The van der Waals surface area contributed by atoms with Crippen LogP contribution in [0.1, 0.15) is 11.1 Å². The predicted octanol–water partition coefficient (Wildman–Crippen LogP) is -0.882. The molecule has 0 aliphatic rings. The van der Waals surface area contributed by atoms with Gasteiger partial charge in [0.2, 0.25) is 21.8 Å². The summed E-state index contributed by atoms with van der Waals surface area (Å²) in [6, 6.07) is 17.8. The number of hydrogen-bond donors (Lipinski definition) is 7. The number of sulfonamides is 1. The highest BCUT2D eigenvalue weighted by Gasteiger charge is 2.25. The first kappa shape index (κ1) is 42.9. The summed E-state index contributed by atoms with van der Waals surface area (Å²) >= 11 is 0. The molecule has 0 spiro atoms. The Bertz CT molecular complexity index is 1890. The summed E-state index contributed by atoms with van der Waals surface area (Å²) < 4.78 is 23.1. The largest absolute Gasteiger partial charge is 0.480 e. The van der Waals surface area contributed by atoms with Crippen LogP contribution in [-0.4, -0.2) is 151 Å². The number of fused-ring (bicyclic) bond motifs is 1. The molecule has 18 nitrogen and oxygen atoms in total. The first-order chi connectivity index (χ1) is 25.5. The van der Waals surface area contributed by atoms with Crippen LogP contribution in [0.5, 0.6) is 0 Å². The fourth-order valence-corrected chi connectivity index (χ4v) is 6.19. The normalized spacial score (nSPS) is 12.1. The Morgan fingerprint density at radius 2 is 1.15 bits per heavy atom. The minimum atomic E-state index is -3.87. The lowest BCUT2D eigenvalue weighted by atomic mass is 9.98. The van der Waals surface area contributed by atoms with E-state index in [1.54, 1.807) is 12.1 Å². The van der Waals surface area contributed by atoms with E-state index < -0.39 is 84.5 Å². The van der Waals surface area contributed by atoms with Crippen LogP contribution in [0, 0.1) is 0 Å². The van der Waals surface area contributed by atoms with Crippen LogP contribution in [0.3, 0.4) is 0 Å². The minimum Gasteiger partial charge on any atom is -0.480 e. The van der Waals surface area contributed by atoms with Gasteiger partial charge in [-0.1, -0.05) is 54.6 Å². The lowest BCUT2D eigenvalue weighted by Crippen LogP contribution is -2.52. The third kappa shape index (κ3) is 15.2. The number of nitrogens with two attached hydrogens (primary N) is 1. The Labute approximate surface area is 311 Å². The molecule has 0 saturated carbocycles. The molecule has 3 rings (SSSR count). The highest BCUT2D eigenvalue weighted by Crippen LogP contribution is 2.20. The molecular formula is C35H44N6O12S. The molecule has 8 N–H and O–H groups in total. The maximum absolute atomic E-state index is 13.6. The van der Waals surface area contributed by atoms with Crippen LogP contribution >= 0.6 is 0 Å². The van der Waals surface area contributed by atoms with Crippen molar-refractivity contribution in [3.05, 3.63) is 77.9 Å². The summed E-state index contributed by atoms with van der Waals surface area (Å²) in [6.45, 7) is -3.04. The fraction of sp³-hybridized carbons (Fsp3) is 0.371. The molecule has 0 fully saturated rings. The van der Waals surface area contributed by atoms with Gasteiger partial charge in [-0.15, -0.1) is 0 Å². The third-order valence-corrected chi connectivity index (χ3v) is 9.12. The molecule has 3 aromatic carbocycles. The van der Waals surface area contributed by atoms with Crippen LogP contribution in [0.2, 0.25) is 0 Å². The SMILES string of the molecule is NS(=O)(=O)c1ccc(CCNC(=O)[C@H](Cc2cccc3ccccc23)NC(=O)CN(CCN(CCN(CC(=O)O)CC(=O)O)CC(=O)O)CC(=O)O)cc1. The summed E-state index contributed by atoms with van der Waals surface area (Å²) in [5, 5.41) is 49.6. The Morgan fingerprint density at radius 3 is 1.70 bits per heavy atom. The van der Waals surface area contributed by atoms with Gasteiger partial charge in [-0.2, -0.15) is 0 Å². The number of hydrogen-bond acceptors (Lipinski definition) is 11. The van der Waals surface area contributed by atoms with E-state index in [4.69, 9.17) is 15.4 Å². The second kappa shape index (κ2) is 20.7. The summed E-state index contributed by atoms with van der Waals surface area (Å²) in [6.07, 6.45) is 0.408. The zero-order valence-electron chi connectivity index (χ0n) is 29.3. The molecule has 19 heteroatoms. The molecule has 292 valence electrons. The topological polar surface area (TPSA) is 277 Å². The van der Waals surface area contributed by atoms with Gasteiger partial charge in [0.1, 0.15) is 6.04 Å². The number of carboxylic acids is 4. The van der Waals surface area contributed by atoms with Gasteiger partial charge < -0.3 is 31.1 Å². The van der Waals surface area contributed by atoms with E-state index in [9.17, 15) is 47.4 Å². The summed E-state index contributed by atoms with van der Waals surface area (Å²) in [4.78, 5) is 76.3. The number of carbonyl (C=O) groups excluding carboxylic acids is 2. The monoisotopic (exact) mass is 772 g/mol. The Kier molecular flexibility index (Phi) is 16.4. The van der Waals surface area contributed by atoms with Gasteiger partial charge >= 0.3 is 23.9 Å². The average Bonchev–Trinajstić information content (AvgIpc) is 3.08. The number of amides is 2. The van der Waals surface area contributed by atoms with Gasteiger partial charge in [0, 0.05) is 39.1 Å². The predicted molar refractivity (Wildman–Crippen MR) is 194 cm³/mol. The second-order valence-corrected chi connectivity index (χ2v) is 14.0. The number of rotatable bonds is 24. The summed E-state index contributed by atoms with van der Waals surface area (Å²) in [5.74, 6) is -6.27. The van der Waals surface area contributed by atoms with Crippen LogP contribution in [0.15, 0.2) is 71.6 Å². The van der Waals surface area contributed by atoms with E-state index in [0.29, 0.717) is 6.42 Å². The summed E-state index contributed by atoms with van der Waals surface area (Å²) in [5.41, 5.74) is 1.48. The second-order valence-electron chi connectivity index (χ2n) is 12.5. The zero-order chi connectivity index (χ0) is 39.8. The average molecular weight is 773 g/mol. The fourth-order valence-electron chi connectivity index (χ4n) is 5.67. The maximum atomic E-state index is 13.6. The lowest BCUT2D eigenvalue weighted by molar-refractivity contribution is -0.143. The van der Waals surface area contributed by atoms with Crippen LogP contribution < -0.4 is 15.8 Å². The number of benzene rings is 3. The van der Waals surface area contributed by atoms with Crippen LogP contribution in [-0.2, 0) is 51.6 Å². The Balaban J connectivity index is 1.73. The maximum Gasteiger partial charge on any atom is 0.317 e. The van der Waals surface area contributed by atoms with Crippen LogP contribution in [0.25, 0.3) is 10.8 Å². The molecule has 0 bridgehead atoms. The van der Waals surface area contributed by atoms with E-state index in [1.807, 2.05) is 42.5 Å². The van der Waals surface area contributed by atoms with Crippen molar-refractivity contribution in [1.29, 1.82) is 0 Å². The molecule has 0 aromatic heterocycles. The van der Waals surface area contributed by atoms with Gasteiger partial charge in [-0.25, -0.2) is 13.6 Å². The van der Waals surface area contributed by atoms with Crippen molar-refractivity contribution in [1.82, 2.24) is 25.3 Å². The van der Waals surface area contributed by atoms with E-state index in [-0.39, 0.29) is 44.0 Å². The Morgan fingerprint density at radius 1 is 0.648 bits per heavy atom. The van der Waals surface area contributed by atoms with Gasteiger partial charge in [0.05, 0.1) is 37.6 Å². The number of carboxylic acid groups (broad SMARTS) is 4. The standard InChI is InChI=1S/C35H44N6O12S/c36-54(52,53)27-10-8-24(9-11-27)12-13-37-35(51)29(18-26-6-3-5-25-4-1-2-7-28(25)26)38-30(42)19-40(21-32(45)46)16-14-39(20-31(43)44)15-17-41(22-33(47)48)23-34(49)50/h1-11,29H,12-23H2,(H,37,51)(H,38,42)(H,43,44)(H,45,46)(H,47,48)(H,49,50)(H2,36,52,53)/t29-/m0/s1. The molecule has 0 radical (unpaired) electrons. The summed E-state index contributed by atoms with van der Waals surface area (Å²) in [7, 11) is -3.87. The first-order valence-corrected chi connectivity index (χ1v) is 18.2. The van der Waals surface area contributed by atoms with Gasteiger partial charge in [0.15, 0.2) is 0 Å². The highest BCUT2D eigenvalue weighted by atomic mass is 32.2. The first-order valence-electron chi connectivity index (χ1n) is 16.7. The molecule has 54 heavy (non-hydrogen) atoms. The van der Waals surface area contributed by atoms with Crippen molar-refractivity contribution in [2.24, 2.45) is 5.14 Å². The molecule has 3 aromatic rings. The number of nitrogens with one attached hydrogen (secondary N) is 2. The van der Waals surface area contributed by atoms with E-state index in [1.165, 1.54) is 21.9 Å². The van der Waals surface area contributed by atoms with E-state index in [0.717, 1.165) is 26.8 Å². The lowest BCUT2D eigenvalue weighted by Gasteiger charge is -2.28. The van der Waals surface area contributed by atoms with Crippen molar-refractivity contribution in [2.45, 2.75) is 23.8 Å². The van der Waals surface area contributed by atoms with Gasteiger partial charge in [0.25, 0.3) is 0 Å². The molecule has 0 aliphatic carbocycles. The molecule has 0 unspecified atom stereocenters. The number of aliphatic carboxylic acids is 4. The quantitative estimate of drug-likeness (QED) is 0.0582. The van der Waals surface area contributed by atoms with Gasteiger partial charge in [-0.3, -0.25) is 43.5 Å². The van der Waals surface area contributed by atoms with Gasteiger partial charge in [-0.05, 0) is 40.5 Å². The van der Waals surface area contributed by atoms with E-state index >= 15 is 0 Å². The van der Waals surface area contributed by atoms with Crippen molar-refractivity contribution in [2.75, 3.05) is 65.4 Å².